The number of anilines is 1. The number of carbonyl (C=O) groups excluding carboxylic acids is 1. The molecule has 0 atom stereocenters. The van der Waals surface area contributed by atoms with Gasteiger partial charge in [0.15, 0.2) is 5.82 Å². The van der Waals surface area contributed by atoms with Gasteiger partial charge in [0.05, 0.1) is 13.1 Å². The molecular weight excluding hydrogens is 242 g/mol. The van der Waals surface area contributed by atoms with Crippen LogP contribution in [0, 0.1) is 6.92 Å². The van der Waals surface area contributed by atoms with Gasteiger partial charge in [-0.2, -0.15) is 5.10 Å². The second-order valence-electron chi connectivity index (χ2n) is 4.35. The van der Waals surface area contributed by atoms with Gasteiger partial charge in [-0.25, -0.2) is 4.98 Å². The summed E-state index contributed by atoms with van der Waals surface area (Å²) in [4.78, 5) is 15.7. The van der Waals surface area contributed by atoms with Crippen molar-refractivity contribution >= 4 is 11.6 Å². The van der Waals surface area contributed by atoms with Gasteiger partial charge in [-0.1, -0.05) is 17.7 Å². The molecule has 2 rings (SSSR count). The number of nitrogens with one attached hydrogen (secondary N) is 2. The molecule has 0 spiro atoms. The first kappa shape index (κ1) is 13.2. The van der Waals surface area contributed by atoms with Crippen LogP contribution in [0.1, 0.15) is 11.4 Å². The molecule has 1 heterocycles. The standard InChI is InChI=1S/C13H17N5O/c1-10-3-5-11(6-4-10)16-13(19)8-14-7-12-15-9-18(2)17-12/h3-6,9,14H,7-8H2,1-2H3,(H,16,19). The summed E-state index contributed by atoms with van der Waals surface area (Å²) in [5.74, 6) is 0.588. The SMILES string of the molecule is Cc1ccc(NC(=O)CNCc2ncn(C)n2)cc1. The van der Waals surface area contributed by atoms with Crippen molar-refractivity contribution in [1.29, 1.82) is 0 Å². The van der Waals surface area contributed by atoms with Crippen molar-refractivity contribution in [2.45, 2.75) is 13.5 Å². The van der Waals surface area contributed by atoms with Crippen LogP contribution < -0.4 is 10.6 Å². The van der Waals surface area contributed by atoms with E-state index in [1.807, 2.05) is 31.2 Å². The van der Waals surface area contributed by atoms with Gasteiger partial charge in [-0.15, -0.1) is 0 Å². The molecule has 0 aliphatic heterocycles. The molecule has 1 aromatic carbocycles. The van der Waals surface area contributed by atoms with E-state index in [1.54, 1.807) is 18.1 Å². The number of amides is 1. The van der Waals surface area contributed by atoms with Gasteiger partial charge >= 0.3 is 0 Å². The van der Waals surface area contributed by atoms with Gasteiger partial charge in [-0.3, -0.25) is 9.48 Å². The summed E-state index contributed by atoms with van der Waals surface area (Å²) in [5, 5.41) is 9.92. The molecule has 0 radical (unpaired) electrons. The van der Waals surface area contributed by atoms with Gasteiger partial charge < -0.3 is 10.6 Å². The number of hydrogen-bond donors (Lipinski definition) is 2. The fourth-order valence-corrected chi connectivity index (χ4v) is 1.59. The molecule has 1 aromatic heterocycles. The molecule has 19 heavy (non-hydrogen) atoms. The van der Waals surface area contributed by atoms with Crippen LogP contribution in [-0.2, 0) is 18.4 Å². The largest absolute Gasteiger partial charge is 0.325 e. The Morgan fingerprint density at radius 3 is 2.68 bits per heavy atom. The second-order valence-corrected chi connectivity index (χ2v) is 4.35. The van der Waals surface area contributed by atoms with Crippen molar-refractivity contribution in [2.24, 2.45) is 7.05 Å². The third-order valence-electron chi connectivity index (χ3n) is 2.55. The Kier molecular flexibility index (Phi) is 4.25. The van der Waals surface area contributed by atoms with E-state index in [-0.39, 0.29) is 12.5 Å². The zero-order valence-corrected chi connectivity index (χ0v) is 11.1. The minimum absolute atomic E-state index is 0.0835. The normalized spacial score (nSPS) is 10.4. The molecule has 2 aromatic rings. The Morgan fingerprint density at radius 1 is 1.32 bits per heavy atom. The van der Waals surface area contributed by atoms with Crippen LogP contribution in [0.25, 0.3) is 0 Å². The Morgan fingerprint density at radius 2 is 2.05 bits per heavy atom. The lowest BCUT2D eigenvalue weighted by Crippen LogP contribution is -2.28. The van der Waals surface area contributed by atoms with Gasteiger partial charge in [-0.05, 0) is 19.1 Å². The van der Waals surface area contributed by atoms with Crippen LogP contribution in [-0.4, -0.2) is 27.2 Å². The summed E-state index contributed by atoms with van der Waals surface area (Å²) in [6.07, 6.45) is 1.63. The molecule has 6 nitrogen and oxygen atoms in total. The van der Waals surface area contributed by atoms with E-state index in [0.717, 1.165) is 11.3 Å². The highest BCUT2D eigenvalue weighted by molar-refractivity contribution is 5.92. The first-order valence-electron chi connectivity index (χ1n) is 6.05. The lowest BCUT2D eigenvalue weighted by molar-refractivity contribution is -0.115. The molecule has 0 aliphatic rings. The highest BCUT2D eigenvalue weighted by Crippen LogP contribution is 2.07. The van der Waals surface area contributed by atoms with Gasteiger partial charge in [0.2, 0.25) is 5.91 Å². The Labute approximate surface area is 111 Å². The van der Waals surface area contributed by atoms with Crippen molar-refractivity contribution in [3.8, 4) is 0 Å². The summed E-state index contributed by atoms with van der Waals surface area (Å²) < 4.78 is 1.63. The van der Waals surface area contributed by atoms with Crippen molar-refractivity contribution in [1.82, 2.24) is 20.1 Å². The molecule has 0 bridgehead atoms. The number of aryl methyl sites for hydroxylation is 2. The van der Waals surface area contributed by atoms with Crippen molar-refractivity contribution < 1.29 is 4.79 Å². The minimum Gasteiger partial charge on any atom is -0.325 e. The molecule has 0 saturated heterocycles. The molecule has 0 unspecified atom stereocenters. The van der Waals surface area contributed by atoms with Gasteiger partial charge in [0, 0.05) is 12.7 Å². The lowest BCUT2D eigenvalue weighted by atomic mass is 10.2. The van der Waals surface area contributed by atoms with Gasteiger partial charge in [0.1, 0.15) is 6.33 Å². The van der Waals surface area contributed by atoms with Crippen LogP contribution in [0.2, 0.25) is 0 Å². The third-order valence-corrected chi connectivity index (χ3v) is 2.55. The maximum absolute atomic E-state index is 11.7. The maximum atomic E-state index is 11.7. The summed E-state index contributed by atoms with van der Waals surface area (Å²) >= 11 is 0. The van der Waals surface area contributed by atoms with Crippen LogP contribution in [0.4, 0.5) is 5.69 Å². The van der Waals surface area contributed by atoms with E-state index in [1.165, 1.54) is 0 Å². The van der Waals surface area contributed by atoms with Crippen LogP contribution >= 0.6 is 0 Å². The molecule has 0 aliphatic carbocycles. The molecule has 1 amide bonds. The van der Waals surface area contributed by atoms with Crippen molar-refractivity contribution in [3.05, 3.63) is 42.0 Å². The summed E-state index contributed by atoms with van der Waals surface area (Å²) in [5.41, 5.74) is 1.96. The smallest absolute Gasteiger partial charge is 0.238 e. The molecule has 0 saturated carbocycles. The fourth-order valence-electron chi connectivity index (χ4n) is 1.59. The average molecular weight is 259 g/mol. The van der Waals surface area contributed by atoms with E-state index in [2.05, 4.69) is 20.7 Å². The molecule has 6 heteroatoms. The zero-order chi connectivity index (χ0) is 13.7. The highest BCUT2D eigenvalue weighted by atomic mass is 16.1. The predicted octanol–water partition coefficient (Wildman–Crippen LogP) is 0.852. The first-order valence-corrected chi connectivity index (χ1v) is 6.05. The zero-order valence-electron chi connectivity index (χ0n) is 11.1. The monoisotopic (exact) mass is 259 g/mol. The first-order chi connectivity index (χ1) is 9.13. The number of aromatic nitrogens is 3. The number of carbonyl (C=O) groups is 1. The quantitative estimate of drug-likeness (QED) is 0.835. The topological polar surface area (TPSA) is 71.8 Å². The maximum Gasteiger partial charge on any atom is 0.238 e. The Hall–Kier alpha value is -2.21. The van der Waals surface area contributed by atoms with Crippen LogP contribution in [0.15, 0.2) is 30.6 Å². The van der Waals surface area contributed by atoms with Crippen LogP contribution in [0.3, 0.4) is 0 Å². The number of hydrogen-bond acceptors (Lipinski definition) is 4. The Bertz CT molecular complexity index is 546. The minimum atomic E-state index is -0.0835. The van der Waals surface area contributed by atoms with E-state index in [0.29, 0.717) is 12.4 Å². The lowest BCUT2D eigenvalue weighted by Gasteiger charge is -2.05. The van der Waals surface area contributed by atoms with Crippen molar-refractivity contribution in [3.63, 3.8) is 0 Å². The van der Waals surface area contributed by atoms with E-state index >= 15 is 0 Å². The van der Waals surface area contributed by atoms with E-state index < -0.39 is 0 Å². The summed E-state index contributed by atoms with van der Waals surface area (Å²) in [6.45, 7) is 2.71. The third kappa shape index (κ3) is 4.18. The number of benzene rings is 1. The highest BCUT2D eigenvalue weighted by Gasteiger charge is 2.03. The predicted molar refractivity (Wildman–Crippen MR) is 72.5 cm³/mol. The van der Waals surface area contributed by atoms with E-state index in [9.17, 15) is 4.79 Å². The molecular formula is C13H17N5O. The summed E-state index contributed by atoms with van der Waals surface area (Å²) in [6, 6.07) is 7.68. The van der Waals surface area contributed by atoms with Crippen molar-refractivity contribution in [2.75, 3.05) is 11.9 Å². The van der Waals surface area contributed by atoms with E-state index in [4.69, 9.17) is 0 Å². The molecule has 2 N–H and O–H groups in total. The van der Waals surface area contributed by atoms with Crippen LogP contribution in [0.5, 0.6) is 0 Å². The Balaban J connectivity index is 1.74. The number of rotatable bonds is 5. The molecule has 0 fully saturated rings. The average Bonchev–Trinajstić information content (AvgIpc) is 2.78. The molecule has 100 valence electrons. The van der Waals surface area contributed by atoms with Gasteiger partial charge in [0.25, 0.3) is 0 Å². The second kappa shape index (κ2) is 6.10. The fraction of sp³-hybridized carbons (Fsp3) is 0.308. The summed E-state index contributed by atoms with van der Waals surface area (Å²) in [7, 11) is 1.81. The number of nitrogens with zero attached hydrogens (tertiary/aromatic N) is 3.